The van der Waals surface area contributed by atoms with Crippen molar-refractivity contribution in [2.75, 3.05) is 6.61 Å². The highest BCUT2D eigenvalue weighted by Gasteiger charge is 2.76. The number of aliphatic hydroxyl groups is 2. The average molecular weight is 548 g/mol. The van der Waals surface area contributed by atoms with E-state index < -0.39 is 63.2 Å². The first-order chi connectivity index (χ1) is 18.0. The second kappa shape index (κ2) is 11.5. The molecule has 216 valence electrons. The van der Waals surface area contributed by atoms with Gasteiger partial charge in [0.05, 0.1) is 24.9 Å². The molecule has 0 aliphatic heterocycles. The summed E-state index contributed by atoms with van der Waals surface area (Å²) in [5.74, 6) is -5.62. The largest absolute Gasteiger partial charge is 0.515 e. The van der Waals surface area contributed by atoms with Gasteiger partial charge in [0.2, 0.25) is 0 Å². The molecule has 0 saturated heterocycles. The van der Waals surface area contributed by atoms with E-state index in [1.165, 1.54) is 19.9 Å². The Morgan fingerprint density at radius 1 is 1.23 bits per heavy atom. The Morgan fingerprint density at radius 2 is 1.85 bits per heavy atom. The van der Waals surface area contributed by atoms with E-state index in [2.05, 4.69) is 11.8 Å². The van der Waals surface area contributed by atoms with Crippen LogP contribution in [-0.4, -0.2) is 56.6 Å². The first kappa shape index (κ1) is 32.1. The number of hydrogen-bond acceptors (Lipinski definition) is 9. The van der Waals surface area contributed by atoms with Crippen molar-refractivity contribution < 1.29 is 39.2 Å². The highest BCUT2D eigenvalue weighted by Crippen LogP contribution is 2.68. The molecule has 0 spiro atoms. The van der Waals surface area contributed by atoms with Crippen LogP contribution in [0, 0.1) is 39.4 Å². The lowest BCUT2D eigenvalue weighted by molar-refractivity contribution is -0.196. The number of aliphatic carboxylic acids is 1. The molecular formula is C29H41NO9. The number of nitroso groups, excluding NO2 is 1. The summed E-state index contributed by atoms with van der Waals surface area (Å²) >= 11 is 0. The average Bonchev–Trinajstić information content (AvgIpc) is 2.83. The van der Waals surface area contributed by atoms with Crippen LogP contribution in [0.25, 0.3) is 0 Å². The third kappa shape index (κ3) is 5.23. The monoisotopic (exact) mass is 547 g/mol. The lowest BCUT2D eigenvalue weighted by Crippen LogP contribution is -2.74. The summed E-state index contributed by atoms with van der Waals surface area (Å²) in [4.78, 5) is 64.4. The zero-order valence-electron chi connectivity index (χ0n) is 23.6. The number of aliphatic hydroxyl groups excluding tert-OH is 1. The van der Waals surface area contributed by atoms with Crippen molar-refractivity contribution in [2.24, 2.45) is 39.7 Å². The van der Waals surface area contributed by atoms with Crippen molar-refractivity contribution in [1.82, 2.24) is 0 Å². The summed E-state index contributed by atoms with van der Waals surface area (Å²) in [5, 5.41) is 32.8. The maximum atomic E-state index is 14.2. The molecule has 0 amide bonds. The number of nitrogens with zero attached hydrogens (tertiary/aromatic N) is 1. The van der Waals surface area contributed by atoms with Crippen molar-refractivity contribution in [3.8, 4) is 0 Å². The highest BCUT2D eigenvalue weighted by atomic mass is 16.5. The van der Waals surface area contributed by atoms with Crippen LogP contribution in [0.1, 0.15) is 67.2 Å². The quantitative estimate of drug-likeness (QED) is 0.112. The maximum Gasteiger partial charge on any atom is 0.328 e. The fraction of sp³-hybridized carbons (Fsp3) is 0.655. The summed E-state index contributed by atoms with van der Waals surface area (Å²) in [6.45, 7) is 13.4. The number of allylic oxidation sites excluding steroid dienone is 1. The number of ketones is 2. The van der Waals surface area contributed by atoms with Crippen molar-refractivity contribution in [1.29, 1.82) is 0 Å². The predicted molar refractivity (Wildman–Crippen MR) is 143 cm³/mol. The van der Waals surface area contributed by atoms with E-state index in [1.807, 2.05) is 6.92 Å². The molecule has 10 heteroatoms. The Labute approximate surface area is 229 Å². The molecule has 2 saturated carbocycles. The number of hydrogen-bond donors (Lipinski definition) is 3. The third-order valence-electron chi connectivity index (χ3n) is 9.23. The van der Waals surface area contributed by atoms with Gasteiger partial charge in [-0.1, -0.05) is 37.6 Å². The summed E-state index contributed by atoms with van der Waals surface area (Å²) in [6.07, 6.45) is 4.22. The molecule has 1 unspecified atom stereocenters. The van der Waals surface area contributed by atoms with Crippen molar-refractivity contribution >= 4 is 23.5 Å². The molecule has 0 aromatic rings. The van der Waals surface area contributed by atoms with Gasteiger partial charge in [0.15, 0.2) is 17.1 Å². The standard InChI is InChI=1S/C29H41NO9/c1-8-19(16-39-23(35)13-17(3)12-22(33)34)29(9-2)27(6,21(32)10-11-31)24-18(4)14-26(5,37)15-20(24)25(36)28(29,7)30-38/h9-12,18-20,24,31,37H,2,8,13-16H2,1,3-7H3,(H,33,34)/b11-10-,17-12+/t18-,19+,20+,24+,26-,27-,28-,29?/m1/s1. The van der Waals surface area contributed by atoms with Crippen LogP contribution in [-0.2, 0) is 23.9 Å². The highest BCUT2D eigenvalue weighted by molar-refractivity contribution is 6.02. The lowest BCUT2D eigenvalue weighted by atomic mass is 9.35. The van der Waals surface area contributed by atoms with Crippen LogP contribution >= 0.6 is 0 Å². The van der Waals surface area contributed by atoms with Crippen molar-refractivity contribution in [3.63, 3.8) is 0 Å². The minimum atomic E-state index is -2.02. The zero-order valence-corrected chi connectivity index (χ0v) is 23.6. The number of carbonyl (C=O) groups is 4. The molecule has 39 heavy (non-hydrogen) atoms. The fourth-order valence-electron chi connectivity index (χ4n) is 7.91. The van der Waals surface area contributed by atoms with E-state index in [1.54, 1.807) is 20.8 Å². The number of carbonyl (C=O) groups excluding carboxylic acids is 3. The topological polar surface area (TPSA) is 168 Å². The zero-order chi connectivity index (χ0) is 30.0. The first-order valence-corrected chi connectivity index (χ1v) is 13.2. The minimum Gasteiger partial charge on any atom is -0.515 e. The number of fused-ring (bicyclic) bond motifs is 1. The van der Waals surface area contributed by atoms with E-state index in [-0.39, 0.29) is 37.4 Å². The van der Waals surface area contributed by atoms with Gasteiger partial charge in [0.25, 0.3) is 0 Å². The summed E-state index contributed by atoms with van der Waals surface area (Å²) in [7, 11) is 0. The molecule has 2 rings (SSSR count). The van der Waals surface area contributed by atoms with Gasteiger partial charge >= 0.3 is 11.9 Å². The van der Waals surface area contributed by atoms with E-state index in [0.717, 1.165) is 12.2 Å². The Kier molecular flexibility index (Phi) is 9.49. The van der Waals surface area contributed by atoms with Gasteiger partial charge in [-0.05, 0) is 51.9 Å². The fourth-order valence-corrected chi connectivity index (χ4v) is 7.91. The summed E-state index contributed by atoms with van der Waals surface area (Å²) in [6, 6.07) is 0. The molecule has 0 aromatic heterocycles. The predicted octanol–water partition coefficient (Wildman–Crippen LogP) is 4.32. The summed E-state index contributed by atoms with van der Waals surface area (Å²) < 4.78 is 5.54. The Morgan fingerprint density at radius 3 is 2.33 bits per heavy atom. The van der Waals surface area contributed by atoms with Crippen LogP contribution in [0.5, 0.6) is 0 Å². The van der Waals surface area contributed by atoms with Crippen LogP contribution < -0.4 is 0 Å². The van der Waals surface area contributed by atoms with E-state index >= 15 is 0 Å². The van der Waals surface area contributed by atoms with Gasteiger partial charge in [-0.3, -0.25) is 14.4 Å². The first-order valence-electron chi connectivity index (χ1n) is 13.2. The number of esters is 1. The number of carboxylic acid groups (broad SMARTS) is 1. The lowest BCUT2D eigenvalue weighted by Gasteiger charge is -2.66. The Balaban J connectivity index is 2.76. The van der Waals surface area contributed by atoms with E-state index in [9.17, 15) is 34.3 Å². The smallest absolute Gasteiger partial charge is 0.328 e. The molecule has 2 fully saturated rings. The SMILES string of the molecule is C=CC1([C@@H](CC)COC(=O)C/C(C)=C/C(=O)O)[C@](C)(N=O)C(=O)[C@H]2C[C@](C)(O)C[C@@H](C)[C@@H]2[C@@]1(C)C(=O)/C=C\O. The molecule has 0 bridgehead atoms. The number of carboxylic acids is 1. The van der Waals surface area contributed by atoms with Gasteiger partial charge in [-0.2, -0.15) is 0 Å². The van der Waals surface area contributed by atoms with Gasteiger partial charge in [0, 0.05) is 34.8 Å². The number of ether oxygens (including phenoxy) is 1. The molecule has 8 atom stereocenters. The Bertz CT molecular complexity index is 1090. The Hall–Kier alpha value is -3.14. The molecule has 0 radical (unpaired) electrons. The van der Waals surface area contributed by atoms with Gasteiger partial charge in [-0.15, -0.1) is 11.5 Å². The molecular weight excluding hydrogens is 506 g/mol. The van der Waals surface area contributed by atoms with Gasteiger partial charge in [0.1, 0.15) is 0 Å². The van der Waals surface area contributed by atoms with E-state index in [4.69, 9.17) is 9.84 Å². The van der Waals surface area contributed by atoms with Crippen LogP contribution in [0.4, 0.5) is 0 Å². The molecule has 0 heterocycles. The summed E-state index contributed by atoms with van der Waals surface area (Å²) in [5.41, 5.74) is -6.12. The molecule has 2 aliphatic rings. The van der Waals surface area contributed by atoms with Gasteiger partial charge in [-0.25, -0.2) is 4.79 Å². The van der Waals surface area contributed by atoms with Gasteiger partial charge < -0.3 is 20.1 Å². The number of Topliss-reactive ketones (excluding diaryl/α,β-unsaturated/α-hetero) is 1. The molecule has 3 N–H and O–H groups in total. The number of rotatable bonds is 11. The minimum absolute atomic E-state index is 0.0336. The van der Waals surface area contributed by atoms with Crippen molar-refractivity contribution in [2.45, 2.75) is 78.4 Å². The molecule has 2 aliphatic carbocycles. The third-order valence-corrected chi connectivity index (χ3v) is 9.23. The molecule has 10 nitrogen and oxygen atoms in total. The maximum absolute atomic E-state index is 14.2. The van der Waals surface area contributed by atoms with Crippen LogP contribution in [0.2, 0.25) is 0 Å². The molecule has 0 aromatic carbocycles. The normalized spacial score (nSPS) is 37.6. The van der Waals surface area contributed by atoms with Crippen molar-refractivity contribution in [3.05, 3.63) is 41.5 Å². The van der Waals surface area contributed by atoms with Crippen LogP contribution in [0.15, 0.2) is 41.8 Å². The second-order valence-electron chi connectivity index (χ2n) is 11.8. The van der Waals surface area contributed by atoms with Crippen LogP contribution in [0.3, 0.4) is 0 Å². The van der Waals surface area contributed by atoms with E-state index in [0.29, 0.717) is 12.7 Å². The second-order valence-corrected chi connectivity index (χ2v) is 11.8.